The maximum atomic E-state index is 12.3. The van der Waals surface area contributed by atoms with Crippen molar-refractivity contribution in [2.24, 2.45) is 0 Å². The molecule has 124 valence electrons. The minimum Gasteiger partial charge on any atom is -0.444 e. The van der Waals surface area contributed by atoms with Crippen LogP contribution in [0.15, 0.2) is 35.9 Å². The number of rotatable bonds is 2. The number of carbonyl (C=O) groups excluding carboxylic acids is 2. The molecule has 0 bridgehead atoms. The average Bonchev–Trinajstić information content (AvgIpc) is 2.40. The third kappa shape index (κ3) is 4.58. The fourth-order valence-electron chi connectivity index (χ4n) is 2.16. The van der Waals surface area contributed by atoms with Crippen molar-refractivity contribution in [2.45, 2.75) is 33.3 Å². The molecule has 0 aliphatic carbocycles. The van der Waals surface area contributed by atoms with Crippen LogP contribution < -0.4 is 4.90 Å². The van der Waals surface area contributed by atoms with Crippen molar-refractivity contribution in [1.29, 1.82) is 0 Å². The molecule has 0 spiro atoms. The largest absolute Gasteiger partial charge is 0.444 e. The number of benzene rings is 1. The molecule has 2 amide bonds. The van der Waals surface area contributed by atoms with E-state index in [0.29, 0.717) is 13.1 Å². The van der Waals surface area contributed by atoms with E-state index in [1.807, 2.05) is 52.0 Å². The van der Waals surface area contributed by atoms with Gasteiger partial charge in [-0.25, -0.2) is 4.79 Å². The van der Waals surface area contributed by atoms with Crippen molar-refractivity contribution in [1.82, 2.24) is 4.90 Å². The van der Waals surface area contributed by atoms with Gasteiger partial charge in [-0.15, -0.1) is 0 Å². The highest BCUT2D eigenvalue weighted by Gasteiger charge is 2.30. The van der Waals surface area contributed by atoms with Crippen molar-refractivity contribution in [3.8, 4) is 0 Å². The highest BCUT2D eigenvalue weighted by atomic mass is 16.6. The molecule has 2 rings (SSSR count). The maximum absolute atomic E-state index is 12.3. The summed E-state index contributed by atoms with van der Waals surface area (Å²) in [7, 11) is 1.74. The Morgan fingerprint density at radius 2 is 1.74 bits per heavy atom. The van der Waals surface area contributed by atoms with Gasteiger partial charge in [0.15, 0.2) is 0 Å². The number of amides is 2. The Kier molecular flexibility index (Phi) is 4.78. The predicted octanol–water partition coefficient (Wildman–Crippen LogP) is 3.13. The van der Waals surface area contributed by atoms with Crippen molar-refractivity contribution < 1.29 is 14.3 Å². The molecule has 1 aliphatic rings. The summed E-state index contributed by atoms with van der Waals surface area (Å²) in [6, 6.07) is 7.78. The Morgan fingerprint density at radius 1 is 1.17 bits per heavy atom. The van der Waals surface area contributed by atoms with E-state index in [4.69, 9.17) is 4.74 Å². The number of nitrogens with zero attached hydrogens (tertiary/aromatic N) is 2. The van der Waals surface area contributed by atoms with Gasteiger partial charge in [-0.3, -0.25) is 4.79 Å². The summed E-state index contributed by atoms with van der Waals surface area (Å²) in [5.74, 6) is -0.0901. The van der Waals surface area contributed by atoms with Gasteiger partial charge in [-0.05, 0) is 45.4 Å². The van der Waals surface area contributed by atoms with Crippen molar-refractivity contribution >= 4 is 17.7 Å². The van der Waals surface area contributed by atoms with Gasteiger partial charge in [0, 0.05) is 31.9 Å². The second-order valence-electron chi connectivity index (χ2n) is 6.87. The number of hydrogen-bond acceptors (Lipinski definition) is 3. The van der Waals surface area contributed by atoms with Gasteiger partial charge >= 0.3 is 6.09 Å². The number of likely N-dealkylation sites (N-methyl/N-ethyl adjacent to an activating group) is 1. The molecule has 1 heterocycles. The van der Waals surface area contributed by atoms with E-state index < -0.39 is 5.60 Å². The van der Waals surface area contributed by atoms with E-state index in [9.17, 15) is 9.59 Å². The topological polar surface area (TPSA) is 49.9 Å². The number of ether oxygens (including phenoxy) is 1. The predicted molar refractivity (Wildman–Crippen MR) is 90.5 cm³/mol. The summed E-state index contributed by atoms with van der Waals surface area (Å²) in [5.41, 5.74) is 2.43. The van der Waals surface area contributed by atoms with Gasteiger partial charge in [0.1, 0.15) is 5.60 Å². The molecule has 5 heteroatoms. The molecular weight excluding hydrogens is 292 g/mol. The Bertz CT molecular complexity index is 619. The van der Waals surface area contributed by atoms with Crippen LogP contribution in [0.2, 0.25) is 0 Å². The molecule has 1 aromatic rings. The molecule has 0 radical (unpaired) electrons. The molecule has 5 nitrogen and oxygen atoms in total. The van der Waals surface area contributed by atoms with Gasteiger partial charge in [0.05, 0.1) is 0 Å². The van der Waals surface area contributed by atoms with E-state index in [2.05, 4.69) is 0 Å². The monoisotopic (exact) mass is 316 g/mol. The summed E-state index contributed by atoms with van der Waals surface area (Å²) in [6.45, 7) is 8.41. The summed E-state index contributed by atoms with van der Waals surface area (Å²) in [6.07, 6.45) is 1.26. The average molecular weight is 316 g/mol. The molecular formula is C18H24N2O3. The fraction of sp³-hybridized carbons (Fsp3) is 0.444. The first kappa shape index (κ1) is 17.1. The van der Waals surface area contributed by atoms with Crippen LogP contribution in [0.3, 0.4) is 0 Å². The lowest BCUT2D eigenvalue weighted by atomic mass is 10.1. The maximum Gasteiger partial charge on any atom is 0.410 e. The lowest BCUT2D eigenvalue weighted by Crippen LogP contribution is -2.47. The van der Waals surface area contributed by atoms with Crippen molar-refractivity contribution in [2.75, 3.05) is 25.0 Å². The minimum atomic E-state index is -0.502. The van der Waals surface area contributed by atoms with Crippen LogP contribution in [-0.4, -0.2) is 42.6 Å². The molecule has 23 heavy (non-hydrogen) atoms. The van der Waals surface area contributed by atoms with Gasteiger partial charge < -0.3 is 14.5 Å². The molecule has 1 saturated heterocycles. The lowest BCUT2D eigenvalue weighted by Gasteiger charge is -2.35. The third-order valence-electron chi connectivity index (χ3n) is 3.52. The van der Waals surface area contributed by atoms with E-state index >= 15 is 0 Å². The zero-order valence-corrected chi connectivity index (χ0v) is 14.4. The number of aryl methyl sites for hydroxylation is 1. The minimum absolute atomic E-state index is 0.0901. The van der Waals surface area contributed by atoms with E-state index in [1.54, 1.807) is 22.9 Å². The van der Waals surface area contributed by atoms with Gasteiger partial charge in [0.2, 0.25) is 0 Å². The van der Waals surface area contributed by atoms with Crippen LogP contribution in [0.4, 0.5) is 10.5 Å². The van der Waals surface area contributed by atoms with Gasteiger partial charge in [-0.1, -0.05) is 17.7 Å². The van der Waals surface area contributed by atoms with Crippen LogP contribution in [-0.2, 0) is 9.53 Å². The first-order valence-corrected chi connectivity index (χ1v) is 7.67. The highest BCUT2D eigenvalue weighted by Crippen LogP contribution is 2.20. The van der Waals surface area contributed by atoms with E-state index in [-0.39, 0.29) is 12.0 Å². The third-order valence-corrected chi connectivity index (χ3v) is 3.52. The van der Waals surface area contributed by atoms with Crippen LogP contribution in [0.25, 0.3) is 0 Å². The number of carbonyl (C=O) groups is 2. The lowest BCUT2D eigenvalue weighted by molar-refractivity contribution is -0.114. The molecule has 1 aromatic carbocycles. The summed E-state index contributed by atoms with van der Waals surface area (Å²) < 4.78 is 5.29. The van der Waals surface area contributed by atoms with Gasteiger partial charge in [-0.2, -0.15) is 0 Å². The summed E-state index contributed by atoms with van der Waals surface area (Å²) in [5, 5.41) is 0. The number of likely N-dealkylation sites (tertiary alicyclic amines) is 1. The van der Waals surface area contributed by atoms with Crippen molar-refractivity contribution in [3.05, 3.63) is 41.5 Å². The Balaban J connectivity index is 1.90. The SMILES string of the molecule is Cc1ccc(N(C)C(=O)C=C2CN(C(=O)OC(C)(C)C)C2)cc1. The Hall–Kier alpha value is -2.30. The molecule has 0 atom stereocenters. The molecule has 1 aliphatic heterocycles. The van der Waals surface area contributed by atoms with E-state index in [0.717, 1.165) is 16.8 Å². The molecule has 0 unspecified atom stereocenters. The van der Waals surface area contributed by atoms with Crippen LogP contribution in [0.5, 0.6) is 0 Å². The summed E-state index contributed by atoms with van der Waals surface area (Å²) >= 11 is 0. The normalized spacial score (nSPS) is 14.1. The Labute approximate surface area is 137 Å². The zero-order valence-electron chi connectivity index (χ0n) is 14.4. The standard InChI is InChI=1S/C18H24N2O3/c1-13-6-8-15(9-7-13)19(5)16(21)10-14-11-20(12-14)17(22)23-18(2,3)4/h6-10H,11-12H2,1-5H3. The molecule has 0 saturated carbocycles. The van der Waals surface area contributed by atoms with E-state index in [1.165, 1.54) is 0 Å². The molecule has 0 aromatic heterocycles. The Morgan fingerprint density at radius 3 is 2.26 bits per heavy atom. The number of anilines is 1. The quantitative estimate of drug-likeness (QED) is 0.788. The van der Waals surface area contributed by atoms with Gasteiger partial charge in [0.25, 0.3) is 5.91 Å². The van der Waals surface area contributed by atoms with Crippen LogP contribution >= 0.6 is 0 Å². The molecule has 0 N–H and O–H groups in total. The smallest absolute Gasteiger partial charge is 0.410 e. The second kappa shape index (κ2) is 6.44. The fourth-order valence-corrected chi connectivity index (χ4v) is 2.16. The first-order chi connectivity index (χ1) is 10.7. The second-order valence-corrected chi connectivity index (χ2v) is 6.87. The zero-order chi connectivity index (χ0) is 17.2. The molecule has 1 fully saturated rings. The highest BCUT2D eigenvalue weighted by molar-refractivity contribution is 6.01. The first-order valence-electron chi connectivity index (χ1n) is 7.67. The van der Waals surface area contributed by atoms with Crippen LogP contribution in [0.1, 0.15) is 26.3 Å². The van der Waals surface area contributed by atoms with Crippen LogP contribution in [0, 0.1) is 6.92 Å². The summed E-state index contributed by atoms with van der Waals surface area (Å²) in [4.78, 5) is 27.3. The van der Waals surface area contributed by atoms with Crippen molar-refractivity contribution in [3.63, 3.8) is 0 Å². The number of hydrogen-bond donors (Lipinski definition) is 0.